The third kappa shape index (κ3) is 6.31. The molecule has 8 nitrogen and oxygen atoms in total. The average molecular weight is 462 g/mol. The molecule has 4 amide bonds. The van der Waals surface area contributed by atoms with Crippen LogP contribution >= 0.6 is 11.6 Å². The number of piperazine rings is 1. The summed E-state index contributed by atoms with van der Waals surface area (Å²) in [6.45, 7) is 3.90. The third-order valence-electron chi connectivity index (χ3n) is 5.18. The van der Waals surface area contributed by atoms with Gasteiger partial charge in [0.2, 0.25) is 11.8 Å². The van der Waals surface area contributed by atoms with Crippen LogP contribution < -0.4 is 10.6 Å². The van der Waals surface area contributed by atoms with Crippen LogP contribution in [0, 0.1) is 0 Å². The van der Waals surface area contributed by atoms with Crippen molar-refractivity contribution in [3.8, 4) is 0 Å². The van der Waals surface area contributed by atoms with Gasteiger partial charge in [0, 0.05) is 38.4 Å². The molecule has 3 rings (SSSR count). The molecule has 2 aliphatic heterocycles. The molecule has 31 heavy (non-hydrogen) atoms. The predicted molar refractivity (Wildman–Crippen MR) is 108 cm³/mol. The second kappa shape index (κ2) is 9.84. The van der Waals surface area contributed by atoms with E-state index in [1.807, 2.05) is 4.90 Å². The number of carbonyl (C=O) groups is 3. The highest BCUT2D eigenvalue weighted by Crippen LogP contribution is 2.36. The van der Waals surface area contributed by atoms with E-state index in [2.05, 4.69) is 15.5 Å². The maximum absolute atomic E-state index is 12.9. The van der Waals surface area contributed by atoms with Gasteiger partial charge in [-0.25, -0.2) is 4.79 Å². The van der Waals surface area contributed by atoms with Gasteiger partial charge in [-0.2, -0.15) is 13.2 Å². The minimum atomic E-state index is -4.60. The summed E-state index contributed by atoms with van der Waals surface area (Å²) in [6.07, 6.45) is -3.93. The molecular formula is C19H23ClF3N5O3. The fourth-order valence-corrected chi connectivity index (χ4v) is 3.75. The van der Waals surface area contributed by atoms with Crippen molar-refractivity contribution in [2.24, 2.45) is 0 Å². The smallest absolute Gasteiger partial charge is 0.329 e. The second-order valence-electron chi connectivity index (χ2n) is 7.42. The molecule has 0 spiro atoms. The zero-order chi connectivity index (χ0) is 22.6. The van der Waals surface area contributed by atoms with Gasteiger partial charge in [-0.3, -0.25) is 19.4 Å². The molecule has 0 radical (unpaired) electrons. The number of anilines is 1. The molecule has 1 aromatic rings. The Morgan fingerprint density at radius 2 is 1.77 bits per heavy atom. The van der Waals surface area contributed by atoms with Gasteiger partial charge in [0.05, 0.1) is 23.7 Å². The summed E-state index contributed by atoms with van der Waals surface area (Å²) in [5.41, 5.74) is -0.949. The summed E-state index contributed by atoms with van der Waals surface area (Å²) in [7, 11) is 0. The zero-order valence-corrected chi connectivity index (χ0v) is 17.4. The Bertz CT molecular complexity index is 828. The number of nitrogens with zero attached hydrogens (tertiary/aromatic N) is 3. The number of urea groups is 1. The SMILES string of the molecule is O=C(CN1CCN(CCCN2C(=O)CNC2=O)CC1)Nc1ccc(Cl)c(C(F)(F)F)c1. The summed E-state index contributed by atoms with van der Waals surface area (Å²) in [5, 5.41) is 4.55. The lowest BCUT2D eigenvalue weighted by Gasteiger charge is -2.34. The standard InChI is InChI=1S/C19H23ClF3N5O3/c20-15-3-2-13(10-14(15)19(21,22)23)25-16(29)12-27-8-6-26(7-9-27)4-1-5-28-17(30)11-24-18(28)31/h2-3,10H,1,4-9,11-12H2,(H,24,31)(H,25,29). The Morgan fingerprint density at radius 3 is 2.39 bits per heavy atom. The van der Waals surface area contributed by atoms with E-state index < -0.39 is 22.7 Å². The van der Waals surface area contributed by atoms with Crippen molar-refractivity contribution in [1.82, 2.24) is 20.0 Å². The Morgan fingerprint density at radius 1 is 1.10 bits per heavy atom. The van der Waals surface area contributed by atoms with Gasteiger partial charge in [0.25, 0.3) is 0 Å². The van der Waals surface area contributed by atoms with Crippen LogP contribution in [0.25, 0.3) is 0 Å². The minimum absolute atomic E-state index is 0.0425. The van der Waals surface area contributed by atoms with E-state index in [0.29, 0.717) is 39.1 Å². The van der Waals surface area contributed by atoms with Crippen LogP contribution in [0.5, 0.6) is 0 Å². The fraction of sp³-hybridized carbons (Fsp3) is 0.526. The minimum Gasteiger partial charge on any atom is -0.329 e. The molecule has 0 bridgehead atoms. The van der Waals surface area contributed by atoms with Crippen molar-refractivity contribution in [3.63, 3.8) is 0 Å². The largest absolute Gasteiger partial charge is 0.417 e. The molecule has 170 valence electrons. The lowest BCUT2D eigenvalue weighted by Crippen LogP contribution is -2.49. The molecule has 2 saturated heterocycles. The van der Waals surface area contributed by atoms with Gasteiger partial charge < -0.3 is 15.5 Å². The highest BCUT2D eigenvalue weighted by atomic mass is 35.5. The first-order chi connectivity index (χ1) is 14.6. The van der Waals surface area contributed by atoms with E-state index >= 15 is 0 Å². The van der Waals surface area contributed by atoms with Crippen molar-refractivity contribution in [1.29, 1.82) is 0 Å². The van der Waals surface area contributed by atoms with Crippen molar-refractivity contribution in [2.75, 3.05) is 57.7 Å². The van der Waals surface area contributed by atoms with Gasteiger partial charge >= 0.3 is 12.2 Å². The second-order valence-corrected chi connectivity index (χ2v) is 7.82. The molecule has 0 atom stereocenters. The molecule has 0 saturated carbocycles. The molecule has 0 aliphatic carbocycles. The number of hydrogen-bond acceptors (Lipinski definition) is 5. The van der Waals surface area contributed by atoms with Crippen LogP contribution in [-0.2, 0) is 15.8 Å². The number of halogens is 4. The lowest BCUT2D eigenvalue weighted by atomic mass is 10.2. The molecule has 1 aromatic carbocycles. The van der Waals surface area contributed by atoms with Crippen molar-refractivity contribution in [2.45, 2.75) is 12.6 Å². The molecule has 2 aliphatic rings. The molecule has 0 unspecified atom stereocenters. The monoisotopic (exact) mass is 461 g/mol. The maximum Gasteiger partial charge on any atom is 0.417 e. The Kier molecular flexibility index (Phi) is 7.39. The maximum atomic E-state index is 12.9. The Balaban J connectivity index is 1.39. The van der Waals surface area contributed by atoms with E-state index in [0.717, 1.165) is 18.7 Å². The number of alkyl halides is 3. The Labute approximate surface area is 182 Å². The molecule has 0 aromatic heterocycles. The number of imide groups is 1. The topological polar surface area (TPSA) is 85.0 Å². The normalized spacial score (nSPS) is 18.4. The van der Waals surface area contributed by atoms with Crippen LogP contribution in [0.2, 0.25) is 5.02 Å². The quantitative estimate of drug-likeness (QED) is 0.605. The number of benzene rings is 1. The first kappa shape index (κ1) is 23.3. The Hall–Kier alpha value is -2.37. The third-order valence-corrected chi connectivity index (χ3v) is 5.51. The van der Waals surface area contributed by atoms with Crippen LogP contribution in [-0.4, -0.2) is 84.9 Å². The molecule has 2 N–H and O–H groups in total. The predicted octanol–water partition coefficient (Wildman–Crippen LogP) is 1.86. The van der Waals surface area contributed by atoms with E-state index in [-0.39, 0.29) is 30.7 Å². The number of rotatable bonds is 7. The first-order valence-corrected chi connectivity index (χ1v) is 10.2. The molecule has 12 heteroatoms. The average Bonchev–Trinajstić information content (AvgIpc) is 3.02. The fourth-order valence-electron chi connectivity index (χ4n) is 3.53. The van der Waals surface area contributed by atoms with Crippen molar-refractivity contribution < 1.29 is 27.6 Å². The summed E-state index contributed by atoms with van der Waals surface area (Å²) >= 11 is 5.59. The lowest BCUT2D eigenvalue weighted by molar-refractivity contribution is -0.137. The van der Waals surface area contributed by atoms with Gasteiger partial charge in [-0.15, -0.1) is 0 Å². The molecule has 2 heterocycles. The highest BCUT2D eigenvalue weighted by Gasteiger charge is 2.33. The number of carbonyl (C=O) groups excluding carboxylic acids is 3. The summed E-state index contributed by atoms with van der Waals surface area (Å²) in [4.78, 5) is 40.6. The number of amides is 4. The van der Waals surface area contributed by atoms with Gasteiger partial charge in [0.1, 0.15) is 0 Å². The van der Waals surface area contributed by atoms with Gasteiger partial charge in [-0.1, -0.05) is 11.6 Å². The molecule has 2 fully saturated rings. The van der Waals surface area contributed by atoms with Crippen LogP contribution in [0.15, 0.2) is 18.2 Å². The van der Waals surface area contributed by atoms with Crippen LogP contribution in [0.3, 0.4) is 0 Å². The number of nitrogens with one attached hydrogen (secondary N) is 2. The highest BCUT2D eigenvalue weighted by molar-refractivity contribution is 6.31. The van der Waals surface area contributed by atoms with E-state index in [1.54, 1.807) is 0 Å². The van der Waals surface area contributed by atoms with Gasteiger partial charge in [-0.05, 0) is 31.2 Å². The van der Waals surface area contributed by atoms with Crippen molar-refractivity contribution >= 4 is 35.1 Å². The summed E-state index contributed by atoms with van der Waals surface area (Å²) in [5.74, 6) is -0.619. The van der Waals surface area contributed by atoms with Crippen LogP contribution in [0.4, 0.5) is 23.7 Å². The first-order valence-electron chi connectivity index (χ1n) is 9.83. The summed E-state index contributed by atoms with van der Waals surface area (Å²) in [6, 6.07) is 2.91. The number of hydrogen-bond donors (Lipinski definition) is 2. The van der Waals surface area contributed by atoms with E-state index in [4.69, 9.17) is 11.6 Å². The summed E-state index contributed by atoms with van der Waals surface area (Å²) < 4.78 is 38.8. The molecular weight excluding hydrogens is 439 g/mol. The van der Waals surface area contributed by atoms with E-state index in [1.165, 1.54) is 11.0 Å². The zero-order valence-electron chi connectivity index (χ0n) is 16.7. The van der Waals surface area contributed by atoms with Gasteiger partial charge in [0.15, 0.2) is 0 Å². The van der Waals surface area contributed by atoms with Crippen LogP contribution in [0.1, 0.15) is 12.0 Å². The van der Waals surface area contributed by atoms with Crippen molar-refractivity contribution in [3.05, 3.63) is 28.8 Å². The van der Waals surface area contributed by atoms with E-state index in [9.17, 15) is 27.6 Å².